The number of aliphatic hydroxyl groups excluding tert-OH is 1. The van der Waals surface area contributed by atoms with Crippen LogP contribution in [0.3, 0.4) is 0 Å². The summed E-state index contributed by atoms with van der Waals surface area (Å²) in [4.78, 5) is 24.8. The Morgan fingerprint density at radius 2 is 1.75 bits per heavy atom. The zero-order valence-electron chi connectivity index (χ0n) is 23.4. The quantitative estimate of drug-likeness (QED) is 0.373. The second-order valence-corrected chi connectivity index (χ2v) is 14.2. The molecule has 4 saturated carbocycles. The summed E-state index contributed by atoms with van der Waals surface area (Å²) >= 11 is 1.67. The molecule has 2 N–H and O–H groups in total. The number of thioether (sulfide) groups is 1. The summed E-state index contributed by atoms with van der Waals surface area (Å²) in [6, 6.07) is -0.536. The molecule has 6 heteroatoms. The average Bonchev–Trinajstić information content (AvgIpc) is 3.22. The number of carbonyl (C=O) groups excluding carboxylic acids is 2. The van der Waals surface area contributed by atoms with E-state index in [-0.39, 0.29) is 18.0 Å². The van der Waals surface area contributed by atoms with Crippen LogP contribution in [0.1, 0.15) is 97.8 Å². The second-order valence-electron chi connectivity index (χ2n) is 13.3. The molecule has 0 aliphatic heterocycles. The molecule has 0 aromatic heterocycles. The lowest BCUT2D eigenvalue weighted by molar-refractivity contribution is -0.145. The molecule has 5 nitrogen and oxygen atoms in total. The largest absolute Gasteiger partial charge is 0.467 e. The van der Waals surface area contributed by atoms with Crippen LogP contribution in [0.4, 0.5) is 0 Å². The first-order valence-electron chi connectivity index (χ1n) is 14.7. The smallest absolute Gasteiger partial charge is 0.328 e. The van der Waals surface area contributed by atoms with Crippen LogP contribution in [0.15, 0.2) is 0 Å². The van der Waals surface area contributed by atoms with Gasteiger partial charge in [0.15, 0.2) is 0 Å². The number of fused-ring (bicyclic) bond motifs is 5. The molecule has 0 aromatic carbocycles. The summed E-state index contributed by atoms with van der Waals surface area (Å²) < 4.78 is 4.90. The highest BCUT2D eigenvalue weighted by Gasteiger charge is 2.60. The Morgan fingerprint density at radius 1 is 1.03 bits per heavy atom. The number of esters is 1. The van der Waals surface area contributed by atoms with Crippen LogP contribution >= 0.6 is 11.8 Å². The Morgan fingerprint density at radius 3 is 2.47 bits per heavy atom. The van der Waals surface area contributed by atoms with Gasteiger partial charge in [-0.25, -0.2) is 4.79 Å². The van der Waals surface area contributed by atoms with E-state index >= 15 is 0 Å². The molecule has 36 heavy (non-hydrogen) atoms. The third kappa shape index (κ3) is 5.37. The molecule has 0 spiro atoms. The molecule has 0 aromatic rings. The van der Waals surface area contributed by atoms with Crippen molar-refractivity contribution in [1.29, 1.82) is 0 Å². The minimum atomic E-state index is -0.536. The number of amides is 1. The minimum absolute atomic E-state index is 0.0208. The van der Waals surface area contributed by atoms with Crippen LogP contribution in [0.2, 0.25) is 0 Å². The Hall–Kier alpha value is -0.750. The van der Waals surface area contributed by atoms with Gasteiger partial charge in [-0.3, -0.25) is 4.79 Å². The van der Waals surface area contributed by atoms with E-state index in [0.717, 1.165) is 42.8 Å². The van der Waals surface area contributed by atoms with E-state index in [4.69, 9.17) is 4.74 Å². The number of nitrogens with one attached hydrogen (secondary N) is 1. The fourth-order valence-electron chi connectivity index (χ4n) is 9.66. The Labute approximate surface area is 223 Å². The van der Waals surface area contributed by atoms with Gasteiger partial charge >= 0.3 is 5.97 Å². The van der Waals surface area contributed by atoms with E-state index < -0.39 is 6.04 Å². The highest BCUT2D eigenvalue weighted by atomic mass is 32.2. The molecule has 0 saturated heterocycles. The zero-order valence-corrected chi connectivity index (χ0v) is 24.2. The predicted octanol–water partition coefficient (Wildman–Crippen LogP) is 5.83. The Balaban J connectivity index is 1.35. The molecule has 4 aliphatic rings. The number of carbonyl (C=O) groups is 2. The van der Waals surface area contributed by atoms with E-state index in [0.29, 0.717) is 41.4 Å². The summed E-state index contributed by atoms with van der Waals surface area (Å²) in [5.74, 6) is 4.86. The summed E-state index contributed by atoms with van der Waals surface area (Å²) in [5.41, 5.74) is 0.819. The summed E-state index contributed by atoms with van der Waals surface area (Å²) in [7, 11) is 1.39. The van der Waals surface area contributed by atoms with Crippen molar-refractivity contribution >= 4 is 23.6 Å². The van der Waals surface area contributed by atoms with Gasteiger partial charge < -0.3 is 15.2 Å². The highest BCUT2D eigenvalue weighted by molar-refractivity contribution is 7.98. The maximum atomic E-state index is 12.8. The monoisotopic (exact) mass is 521 g/mol. The topological polar surface area (TPSA) is 75.6 Å². The Bertz CT molecular complexity index is 791. The number of hydrogen-bond acceptors (Lipinski definition) is 5. The van der Waals surface area contributed by atoms with Crippen molar-refractivity contribution in [3.05, 3.63) is 0 Å². The first kappa shape index (κ1) is 28.3. The lowest BCUT2D eigenvalue weighted by Crippen LogP contribution is -2.54. The van der Waals surface area contributed by atoms with Crippen molar-refractivity contribution in [2.45, 2.75) is 110 Å². The van der Waals surface area contributed by atoms with Crippen molar-refractivity contribution in [3.63, 3.8) is 0 Å². The fourth-order valence-corrected chi connectivity index (χ4v) is 10.1. The molecule has 206 valence electrons. The molecule has 0 bridgehead atoms. The number of hydrogen-bond donors (Lipinski definition) is 2. The van der Waals surface area contributed by atoms with Gasteiger partial charge in [-0.05, 0) is 129 Å². The van der Waals surface area contributed by atoms with Crippen LogP contribution < -0.4 is 5.32 Å². The van der Waals surface area contributed by atoms with Gasteiger partial charge in [0.25, 0.3) is 0 Å². The highest BCUT2D eigenvalue weighted by Crippen LogP contribution is 2.68. The van der Waals surface area contributed by atoms with Crippen molar-refractivity contribution in [3.8, 4) is 0 Å². The maximum Gasteiger partial charge on any atom is 0.328 e. The van der Waals surface area contributed by atoms with E-state index in [9.17, 15) is 14.7 Å². The molecule has 4 aliphatic carbocycles. The van der Waals surface area contributed by atoms with Gasteiger partial charge in [-0.15, -0.1) is 0 Å². The third-order valence-electron chi connectivity index (χ3n) is 11.7. The molecule has 4 fully saturated rings. The maximum absolute atomic E-state index is 12.8. The Kier molecular flexibility index (Phi) is 9.07. The van der Waals surface area contributed by atoms with Crippen molar-refractivity contribution in [2.24, 2.45) is 46.3 Å². The van der Waals surface area contributed by atoms with E-state index in [1.54, 1.807) is 11.8 Å². The lowest BCUT2D eigenvalue weighted by atomic mass is 9.44. The normalized spacial score (nSPS) is 41.4. The predicted molar refractivity (Wildman–Crippen MR) is 147 cm³/mol. The molecule has 1 amide bonds. The van der Waals surface area contributed by atoms with E-state index in [2.05, 4.69) is 26.1 Å². The number of aliphatic hydroxyl groups is 1. The summed E-state index contributed by atoms with van der Waals surface area (Å²) in [6.07, 6.45) is 15.1. The third-order valence-corrected chi connectivity index (χ3v) is 12.3. The van der Waals surface area contributed by atoms with Gasteiger partial charge in [-0.2, -0.15) is 11.8 Å². The van der Waals surface area contributed by atoms with Gasteiger partial charge in [-0.1, -0.05) is 20.8 Å². The molecule has 0 radical (unpaired) electrons. The number of methoxy groups -OCH3 is 1. The van der Waals surface area contributed by atoms with Gasteiger partial charge in [0.2, 0.25) is 5.91 Å². The second kappa shape index (κ2) is 11.6. The van der Waals surface area contributed by atoms with Crippen molar-refractivity contribution < 1.29 is 19.4 Å². The zero-order chi connectivity index (χ0) is 26.1. The van der Waals surface area contributed by atoms with Gasteiger partial charge in [0, 0.05) is 6.42 Å². The van der Waals surface area contributed by atoms with Crippen LogP contribution in [-0.2, 0) is 14.3 Å². The lowest BCUT2D eigenvalue weighted by Gasteiger charge is -2.61. The van der Waals surface area contributed by atoms with E-state index in [1.807, 2.05) is 6.26 Å². The average molecular weight is 522 g/mol. The molecule has 0 unspecified atom stereocenters. The molecule has 0 heterocycles. The number of rotatable bonds is 9. The van der Waals surface area contributed by atoms with E-state index in [1.165, 1.54) is 52.1 Å². The summed E-state index contributed by atoms with van der Waals surface area (Å²) in [6.45, 7) is 7.51. The van der Waals surface area contributed by atoms with Crippen LogP contribution in [-0.4, -0.2) is 48.2 Å². The summed E-state index contributed by atoms with van der Waals surface area (Å²) in [5, 5.41) is 13.2. The van der Waals surface area contributed by atoms with Crippen LogP contribution in [0.25, 0.3) is 0 Å². The first-order valence-corrected chi connectivity index (χ1v) is 16.1. The SMILES string of the molecule is COC(=O)[C@H](CCSC)NC(=O)CC[C@@H](C)[C@H]1CC[C@H]2[C@@H]3CC[C@@H]4C[C@H](O)CC[C@]4(C)[C@H]3CC[C@]12C. The molecular weight excluding hydrogens is 470 g/mol. The number of ether oxygens (including phenoxy) is 1. The van der Waals surface area contributed by atoms with Crippen molar-refractivity contribution in [1.82, 2.24) is 5.32 Å². The molecule has 10 atom stereocenters. The van der Waals surface area contributed by atoms with Crippen LogP contribution in [0.5, 0.6) is 0 Å². The molecular formula is C30H51NO4S. The molecule has 4 rings (SSSR count). The van der Waals surface area contributed by atoms with Crippen molar-refractivity contribution in [2.75, 3.05) is 19.1 Å². The fraction of sp³-hybridized carbons (Fsp3) is 0.933. The van der Waals surface area contributed by atoms with Gasteiger partial charge in [0.1, 0.15) is 6.04 Å². The van der Waals surface area contributed by atoms with Crippen LogP contribution in [0, 0.1) is 46.3 Å². The standard InChI is InChI=1S/C30H51NO4S/c1-19(6-11-27(33)31-26(14-17-36-5)28(34)35-4)23-9-10-24-22-8-7-20-18-21(32)12-15-29(20,2)25(22)13-16-30(23,24)3/h19-26,32H,6-18H2,1-5H3,(H,31,33)/t19-,20-,21-,22+,23-,24+,25+,26+,29+,30-/m1/s1. The minimum Gasteiger partial charge on any atom is -0.467 e. The van der Waals surface area contributed by atoms with Gasteiger partial charge in [0.05, 0.1) is 13.2 Å². The first-order chi connectivity index (χ1) is 17.1.